The SMILES string of the molecule is CC(C)C[C@@H](/C=C/[C@H](Cc1ccccc1)C(=O)N1CCC[C@H]1C(=O)N[C@@H](Cc1ccc(O)cc1)C(=O)O)NC(=O)OC(C)(C)C. The first-order chi connectivity index (χ1) is 21.2. The summed E-state index contributed by atoms with van der Waals surface area (Å²) in [4.78, 5) is 53.7. The molecule has 1 saturated heterocycles. The smallest absolute Gasteiger partial charge is 0.408 e. The lowest BCUT2D eigenvalue weighted by Gasteiger charge is -2.29. The van der Waals surface area contributed by atoms with Crippen molar-refractivity contribution >= 4 is 23.9 Å². The number of alkyl carbamates (subject to hydrolysis) is 1. The maximum absolute atomic E-state index is 14.1. The molecule has 4 atom stereocenters. The van der Waals surface area contributed by atoms with Gasteiger partial charge < -0.3 is 30.5 Å². The van der Waals surface area contributed by atoms with Gasteiger partial charge in [-0.15, -0.1) is 0 Å². The third kappa shape index (κ3) is 11.6. The molecule has 244 valence electrons. The monoisotopic (exact) mass is 621 g/mol. The van der Waals surface area contributed by atoms with Crippen LogP contribution in [0.15, 0.2) is 66.7 Å². The van der Waals surface area contributed by atoms with Gasteiger partial charge >= 0.3 is 12.1 Å². The Morgan fingerprint density at radius 1 is 0.956 bits per heavy atom. The standard InChI is InChI=1S/C35H47N3O7/c1-23(2)20-27(36-34(44)45-35(3,4)5)16-15-26(21-24-10-7-6-8-11-24)32(41)38-19-9-12-30(38)31(40)37-29(33(42)43)22-25-13-17-28(39)18-14-25/h6-8,10-11,13-18,23,26-27,29-30,39H,9,12,19-22H2,1-5H3,(H,36,44)(H,37,40)(H,42,43)/b16-15+/t26-,27-,29+,30+/m1/s1. The van der Waals surface area contributed by atoms with E-state index in [1.54, 1.807) is 43.9 Å². The molecule has 1 heterocycles. The minimum atomic E-state index is -1.20. The number of phenols is 1. The van der Waals surface area contributed by atoms with Gasteiger partial charge in [-0.1, -0.05) is 68.5 Å². The second-order valence-electron chi connectivity index (χ2n) is 13.0. The van der Waals surface area contributed by atoms with Crippen LogP contribution in [0.25, 0.3) is 0 Å². The lowest BCUT2D eigenvalue weighted by molar-refractivity contribution is -0.144. The number of carbonyl (C=O) groups excluding carboxylic acids is 3. The number of amides is 3. The highest BCUT2D eigenvalue weighted by Gasteiger charge is 2.38. The second kappa shape index (κ2) is 16.1. The van der Waals surface area contributed by atoms with Gasteiger partial charge in [0, 0.05) is 13.0 Å². The van der Waals surface area contributed by atoms with E-state index in [1.165, 1.54) is 12.1 Å². The van der Waals surface area contributed by atoms with Gasteiger partial charge in [0.1, 0.15) is 23.4 Å². The topological polar surface area (TPSA) is 145 Å². The summed E-state index contributed by atoms with van der Waals surface area (Å²) in [7, 11) is 0. The summed E-state index contributed by atoms with van der Waals surface area (Å²) in [6, 6.07) is 13.3. The van der Waals surface area contributed by atoms with Crippen molar-refractivity contribution in [3.05, 3.63) is 77.9 Å². The predicted molar refractivity (Wildman–Crippen MR) is 172 cm³/mol. The number of ether oxygens (including phenoxy) is 1. The lowest BCUT2D eigenvalue weighted by atomic mass is 9.94. The number of phenolic OH excluding ortho intramolecular Hbond substituents is 1. The van der Waals surface area contributed by atoms with Crippen LogP contribution in [0.3, 0.4) is 0 Å². The van der Waals surface area contributed by atoms with Crippen LogP contribution < -0.4 is 10.6 Å². The first-order valence-corrected chi connectivity index (χ1v) is 15.5. The number of nitrogens with one attached hydrogen (secondary N) is 2. The van der Waals surface area contributed by atoms with Crippen LogP contribution in [0.5, 0.6) is 5.75 Å². The fraction of sp³-hybridized carbons (Fsp3) is 0.486. The third-order valence-electron chi connectivity index (χ3n) is 7.45. The van der Waals surface area contributed by atoms with Crippen molar-refractivity contribution in [3.63, 3.8) is 0 Å². The maximum Gasteiger partial charge on any atom is 0.408 e. The van der Waals surface area contributed by atoms with Crippen molar-refractivity contribution in [2.24, 2.45) is 11.8 Å². The van der Waals surface area contributed by atoms with Crippen LogP contribution in [-0.2, 0) is 32.0 Å². The first-order valence-electron chi connectivity index (χ1n) is 15.5. The Bertz CT molecular complexity index is 1320. The lowest BCUT2D eigenvalue weighted by Crippen LogP contribution is -2.52. The summed E-state index contributed by atoms with van der Waals surface area (Å²) in [5.74, 6) is -2.25. The molecular formula is C35H47N3O7. The van der Waals surface area contributed by atoms with Crippen molar-refractivity contribution in [1.82, 2.24) is 15.5 Å². The number of hydrogen-bond acceptors (Lipinski definition) is 6. The quantitative estimate of drug-likeness (QED) is 0.234. The van der Waals surface area contributed by atoms with Crippen molar-refractivity contribution in [1.29, 1.82) is 0 Å². The molecule has 0 aliphatic carbocycles. The maximum atomic E-state index is 14.1. The van der Waals surface area contributed by atoms with E-state index in [1.807, 2.05) is 50.3 Å². The molecule has 0 radical (unpaired) electrons. The zero-order valence-electron chi connectivity index (χ0n) is 26.9. The zero-order valence-corrected chi connectivity index (χ0v) is 26.9. The van der Waals surface area contributed by atoms with Gasteiger partial charge in [0.2, 0.25) is 11.8 Å². The summed E-state index contributed by atoms with van der Waals surface area (Å²) in [6.45, 7) is 9.85. The van der Waals surface area contributed by atoms with Gasteiger partial charge in [0.05, 0.1) is 12.0 Å². The molecule has 0 spiro atoms. The summed E-state index contributed by atoms with van der Waals surface area (Å²) in [5.41, 5.74) is 0.932. The fourth-order valence-corrected chi connectivity index (χ4v) is 5.38. The third-order valence-corrected chi connectivity index (χ3v) is 7.45. The van der Waals surface area contributed by atoms with Gasteiger partial charge in [-0.25, -0.2) is 9.59 Å². The fourth-order valence-electron chi connectivity index (χ4n) is 5.38. The van der Waals surface area contributed by atoms with Crippen LogP contribution in [0.1, 0.15) is 65.0 Å². The van der Waals surface area contributed by atoms with Crippen molar-refractivity contribution in [3.8, 4) is 5.75 Å². The molecule has 4 N–H and O–H groups in total. The molecule has 3 rings (SSSR count). The Morgan fingerprint density at radius 2 is 1.60 bits per heavy atom. The molecule has 0 bridgehead atoms. The van der Waals surface area contributed by atoms with Crippen molar-refractivity contribution in [2.45, 2.75) is 90.4 Å². The molecule has 10 nitrogen and oxygen atoms in total. The molecule has 1 aliphatic rings. The van der Waals surface area contributed by atoms with Crippen molar-refractivity contribution < 1.29 is 34.1 Å². The van der Waals surface area contributed by atoms with Gasteiger partial charge in [0.25, 0.3) is 0 Å². The number of aliphatic carboxylic acids is 1. The average Bonchev–Trinajstić information content (AvgIpc) is 3.45. The Hall–Kier alpha value is -4.34. The minimum absolute atomic E-state index is 0.0310. The number of hydrogen-bond donors (Lipinski definition) is 4. The molecule has 1 fully saturated rings. The number of carboxylic acids is 1. The number of rotatable bonds is 13. The molecule has 0 unspecified atom stereocenters. The molecule has 1 aliphatic heterocycles. The van der Waals surface area contributed by atoms with Crippen LogP contribution in [0.4, 0.5) is 4.79 Å². The number of likely N-dealkylation sites (tertiary alicyclic amines) is 1. The van der Waals surface area contributed by atoms with Crippen LogP contribution in [0.2, 0.25) is 0 Å². The van der Waals surface area contributed by atoms with E-state index in [0.717, 1.165) is 5.56 Å². The largest absolute Gasteiger partial charge is 0.508 e. The average molecular weight is 622 g/mol. The van der Waals surface area contributed by atoms with E-state index in [4.69, 9.17) is 4.74 Å². The first kappa shape index (κ1) is 35.1. The van der Waals surface area contributed by atoms with E-state index in [2.05, 4.69) is 10.6 Å². The molecule has 45 heavy (non-hydrogen) atoms. The number of benzene rings is 2. The highest BCUT2D eigenvalue weighted by molar-refractivity contribution is 5.92. The summed E-state index contributed by atoms with van der Waals surface area (Å²) in [6.07, 6.45) is 5.17. The van der Waals surface area contributed by atoms with Gasteiger partial charge in [-0.05, 0) is 75.6 Å². The Kier molecular flexibility index (Phi) is 12.6. The van der Waals surface area contributed by atoms with Gasteiger partial charge in [0.15, 0.2) is 0 Å². The van der Waals surface area contributed by atoms with E-state index >= 15 is 0 Å². The van der Waals surface area contributed by atoms with E-state index in [-0.39, 0.29) is 30.0 Å². The minimum Gasteiger partial charge on any atom is -0.508 e. The predicted octanol–water partition coefficient (Wildman–Crippen LogP) is 4.85. The van der Waals surface area contributed by atoms with Gasteiger partial charge in [-0.2, -0.15) is 0 Å². The number of nitrogens with zero attached hydrogens (tertiary/aromatic N) is 1. The van der Waals surface area contributed by atoms with Crippen LogP contribution in [0, 0.1) is 11.8 Å². The summed E-state index contributed by atoms with van der Waals surface area (Å²) < 4.78 is 5.46. The summed E-state index contributed by atoms with van der Waals surface area (Å²) in [5, 5.41) is 24.9. The molecule has 0 saturated carbocycles. The highest BCUT2D eigenvalue weighted by Crippen LogP contribution is 2.24. The number of carboxylic acid groups (broad SMARTS) is 1. The van der Waals surface area contributed by atoms with Gasteiger partial charge in [-0.3, -0.25) is 9.59 Å². The molecule has 3 amide bonds. The van der Waals surface area contributed by atoms with Crippen LogP contribution >= 0.6 is 0 Å². The Balaban J connectivity index is 1.81. The zero-order chi connectivity index (χ0) is 33.1. The van der Waals surface area contributed by atoms with E-state index in [0.29, 0.717) is 37.8 Å². The highest BCUT2D eigenvalue weighted by atomic mass is 16.6. The molecule has 2 aromatic carbocycles. The summed E-state index contributed by atoms with van der Waals surface area (Å²) >= 11 is 0. The van der Waals surface area contributed by atoms with Crippen LogP contribution in [-0.4, -0.2) is 69.3 Å². The molecule has 0 aromatic heterocycles. The normalized spacial score (nSPS) is 17.1. The van der Waals surface area contributed by atoms with E-state index < -0.39 is 41.6 Å². The van der Waals surface area contributed by atoms with Crippen molar-refractivity contribution in [2.75, 3.05) is 6.54 Å². The van der Waals surface area contributed by atoms with E-state index in [9.17, 15) is 29.4 Å². The Labute approximate surface area is 265 Å². The number of aromatic hydroxyl groups is 1. The molecule has 10 heteroatoms. The number of carbonyl (C=O) groups is 4. The Morgan fingerprint density at radius 3 is 2.20 bits per heavy atom. The molecule has 2 aromatic rings. The second-order valence-corrected chi connectivity index (χ2v) is 13.0. The molecular weight excluding hydrogens is 574 g/mol.